The van der Waals surface area contributed by atoms with E-state index in [0.717, 1.165) is 24.0 Å². The van der Waals surface area contributed by atoms with E-state index in [0.29, 0.717) is 25.7 Å². The van der Waals surface area contributed by atoms with E-state index < -0.39 is 17.6 Å². The zero-order chi connectivity index (χ0) is 23.7. The van der Waals surface area contributed by atoms with Crippen LogP contribution in [0.5, 0.6) is 0 Å². The van der Waals surface area contributed by atoms with Crippen LogP contribution in [0, 0.1) is 5.92 Å². The molecular weight excluding hydrogens is 432 g/mol. The summed E-state index contributed by atoms with van der Waals surface area (Å²) >= 11 is 0. The molecule has 2 saturated carbocycles. The molecule has 0 aromatic heterocycles. The van der Waals surface area contributed by atoms with Gasteiger partial charge in [-0.1, -0.05) is 55.0 Å². The van der Waals surface area contributed by atoms with Gasteiger partial charge in [0, 0.05) is 12.0 Å². The van der Waals surface area contributed by atoms with Gasteiger partial charge in [0.2, 0.25) is 5.91 Å². The molecule has 178 valence electrons. The van der Waals surface area contributed by atoms with Gasteiger partial charge in [-0.05, 0) is 54.4 Å². The lowest BCUT2D eigenvalue weighted by Crippen LogP contribution is -2.57. The summed E-state index contributed by atoms with van der Waals surface area (Å²) in [5, 5.41) is 15.1. The number of hydrogen-bond acceptors (Lipinski definition) is 4. The first-order valence-electron chi connectivity index (χ1n) is 12.1. The maximum Gasteiger partial charge on any atom is 0.407 e. The molecule has 3 aliphatic rings. The second-order valence-electron chi connectivity index (χ2n) is 9.81. The van der Waals surface area contributed by atoms with Crippen molar-refractivity contribution in [2.45, 2.75) is 62.4 Å². The number of alkyl carbamates (subject to hydrolysis) is 1. The number of ether oxygens (including phenoxy) is 1. The van der Waals surface area contributed by atoms with Crippen LogP contribution in [0.1, 0.15) is 62.0 Å². The Hall–Kier alpha value is -3.35. The number of amides is 2. The van der Waals surface area contributed by atoms with E-state index in [9.17, 15) is 19.5 Å². The Kier molecular flexibility index (Phi) is 6.02. The minimum Gasteiger partial charge on any atom is -0.481 e. The highest BCUT2D eigenvalue weighted by molar-refractivity contribution is 5.83. The van der Waals surface area contributed by atoms with Gasteiger partial charge in [0.05, 0.1) is 17.9 Å². The number of carbonyl (C=O) groups excluding carboxylic acids is 2. The number of carboxylic acid groups (broad SMARTS) is 1. The SMILES string of the molecule is O=C(O)CC1(NC(=O)[C@@H]2CCC[C@@H]2NC(=O)OCC2c3ccccc3-c3ccccc32)CCC1. The Bertz CT molecular complexity index is 1060. The average Bonchev–Trinajstić information content (AvgIpc) is 3.38. The second-order valence-corrected chi connectivity index (χ2v) is 9.81. The molecule has 0 bridgehead atoms. The fourth-order valence-corrected chi connectivity index (χ4v) is 5.83. The number of nitrogens with one attached hydrogen (secondary N) is 2. The summed E-state index contributed by atoms with van der Waals surface area (Å²) in [4.78, 5) is 36.9. The Morgan fingerprint density at radius 3 is 2.18 bits per heavy atom. The van der Waals surface area contributed by atoms with E-state index in [1.165, 1.54) is 11.1 Å². The second kappa shape index (κ2) is 9.12. The lowest BCUT2D eigenvalue weighted by Gasteiger charge is -2.42. The number of aliphatic carboxylic acids is 1. The molecule has 2 aromatic carbocycles. The van der Waals surface area contributed by atoms with E-state index in [2.05, 4.69) is 34.9 Å². The first kappa shape index (κ1) is 22.4. The van der Waals surface area contributed by atoms with Crippen LogP contribution < -0.4 is 10.6 Å². The van der Waals surface area contributed by atoms with Crippen molar-refractivity contribution in [1.82, 2.24) is 10.6 Å². The predicted molar refractivity (Wildman–Crippen MR) is 126 cm³/mol. The molecule has 34 heavy (non-hydrogen) atoms. The first-order chi connectivity index (χ1) is 16.5. The van der Waals surface area contributed by atoms with Crippen LogP contribution in [0.4, 0.5) is 4.79 Å². The molecule has 0 heterocycles. The van der Waals surface area contributed by atoms with Gasteiger partial charge in [-0.3, -0.25) is 9.59 Å². The average molecular weight is 463 g/mol. The highest BCUT2D eigenvalue weighted by Crippen LogP contribution is 2.44. The summed E-state index contributed by atoms with van der Waals surface area (Å²) < 4.78 is 5.66. The number of fused-ring (bicyclic) bond motifs is 3. The monoisotopic (exact) mass is 462 g/mol. The van der Waals surface area contributed by atoms with Crippen LogP contribution in [0.3, 0.4) is 0 Å². The van der Waals surface area contributed by atoms with Crippen molar-refractivity contribution in [2.75, 3.05) is 6.61 Å². The smallest absolute Gasteiger partial charge is 0.407 e. The lowest BCUT2D eigenvalue weighted by molar-refractivity contribution is -0.140. The number of benzene rings is 2. The quantitative estimate of drug-likeness (QED) is 0.572. The van der Waals surface area contributed by atoms with Gasteiger partial charge < -0.3 is 20.5 Å². The lowest BCUT2D eigenvalue weighted by atomic mass is 9.74. The molecule has 2 amide bonds. The molecule has 0 spiro atoms. The van der Waals surface area contributed by atoms with Crippen molar-refractivity contribution in [3.63, 3.8) is 0 Å². The number of carboxylic acids is 1. The summed E-state index contributed by atoms with van der Waals surface area (Å²) in [5.74, 6) is -1.45. The summed E-state index contributed by atoms with van der Waals surface area (Å²) in [5.41, 5.74) is 4.01. The van der Waals surface area contributed by atoms with E-state index in [4.69, 9.17) is 4.74 Å². The van der Waals surface area contributed by atoms with Crippen molar-refractivity contribution in [2.24, 2.45) is 5.92 Å². The van der Waals surface area contributed by atoms with Crippen LogP contribution in [0.15, 0.2) is 48.5 Å². The van der Waals surface area contributed by atoms with Gasteiger partial charge in [-0.2, -0.15) is 0 Å². The Balaban J connectivity index is 1.20. The third kappa shape index (κ3) is 4.27. The molecule has 0 unspecified atom stereocenters. The van der Waals surface area contributed by atoms with Gasteiger partial charge in [0.1, 0.15) is 6.61 Å². The van der Waals surface area contributed by atoms with Crippen molar-refractivity contribution in [3.05, 3.63) is 59.7 Å². The summed E-state index contributed by atoms with van der Waals surface area (Å²) in [7, 11) is 0. The Morgan fingerprint density at radius 1 is 0.941 bits per heavy atom. The highest BCUT2D eigenvalue weighted by Gasteiger charge is 2.43. The molecule has 3 N–H and O–H groups in total. The van der Waals surface area contributed by atoms with Crippen molar-refractivity contribution < 1.29 is 24.2 Å². The minimum atomic E-state index is -0.903. The van der Waals surface area contributed by atoms with Crippen LogP contribution in [0.25, 0.3) is 11.1 Å². The maximum absolute atomic E-state index is 13.0. The zero-order valence-corrected chi connectivity index (χ0v) is 19.1. The molecule has 2 aromatic rings. The number of rotatable bonds is 7. The molecule has 7 heteroatoms. The van der Waals surface area contributed by atoms with Gasteiger partial charge in [-0.25, -0.2) is 4.79 Å². The predicted octanol–water partition coefficient (Wildman–Crippen LogP) is 4.21. The van der Waals surface area contributed by atoms with E-state index in [1.807, 2.05) is 24.3 Å². The summed E-state index contributed by atoms with van der Waals surface area (Å²) in [6.07, 6.45) is 3.91. The molecule has 2 atom stereocenters. The highest BCUT2D eigenvalue weighted by atomic mass is 16.5. The van der Waals surface area contributed by atoms with Gasteiger partial charge in [-0.15, -0.1) is 0 Å². The van der Waals surface area contributed by atoms with Crippen molar-refractivity contribution in [3.8, 4) is 11.1 Å². The van der Waals surface area contributed by atoms with E-state index in [-0.39, 0.29) is 36.8 Å². The molecule has 3 aliphatic carbocycles. The molecule has 7 nitrogen and oxygen atoms in total. The topological polar surface area (TPSA) is 105 Å². The van der Waals surface area contributed by atoms with Gasteiger partial charge in [0.25, 0.3) is 0 Å². The molecule has 0 saturated heterocycles. The van der Waals surface area contributed by atoms with E-state index >= 15 is 0 Å². The third-order valence-corrected chi connectivity index (χ3v) is 7.69. The molecule has 2 fully saturated rings. The number of hydrogen-bond donors (Lipinski definition) is 3. The first-order valence-corrected chi connectivity index (χ1v) is 12.1. The Labute approximate surface area is 198 Å². The minimum absolute atomic E-state index is 0.0182. The van der Waals surface area contributed by atoms with Gasteiger partial charge >= 0.3 is 12.1 Å². The third-order valence-electron chi connectivity index (χ3n) is 7.69. The number of carbonyl (C=O) groups is 3. The maximum atomic E-state index is 13.0. The molecular formula is C27H30N2O5. The van der Waals surface area contributed by atoms with E-state index in [1.54, 1.807) is 0 Å². The fraction of sp³-hybridized carbons (Fsp3) is 0.444. The standard InChI is InChI=1S/C27H30N2O5/c30-24(31)15-27(13-6-14-27)29-25(32)21-11-5-12-23(21)28-26(33)34-16-22-19-9-3-1-7-17(19)18-8-2-4-10-20(18)22/h1-4,7-10,21-23H,5-6,11-16H2,(H,28,33)(H,29,32)(H,30,31)/t21-,23+/m1/s1. The normalized spacial score (nSPS) is 22.2. The van der Waals surface area contributed by atoms with Crippen LogP contribution >= 0.6 is 0 Å². The summed E-state index contributed by atoms with van der Waals surface area (Å²) in [6, 6.07) is 16.1. The molecule has 0 radical (unpaired) electrons. The molecule has 0 aliphatic heterocycles. The summed E-state index contributed by atoms with van der Waals surface area (Å²) in [6.45, 7) is 0.227. The Morgan fingerprint density at radius 2 is 1.59 bits per heavy atom. The molecule has 5 rings (SSSR count). The largest absolute Gasteiger partial charge is 0.481 e. The van der Waals surface area contributed by atoms with Crippen molar-refractivity contribution >= 4 is 18.0 Å². The van der Waals surface area contributed by atoms with Crippen molar-refractivity contribution in [1.29, 1.82) is 0 Å². The van der Waals surface area contributed by atoms with Crippen LogP contribution in [-0.4, -0.2) is 41.3 Å². The van der Waals surface area contributed by atoms with Crippen LogP contribution in [0.2, 0.25) is 0 Å². The fourth-order valence-electron chi connectivity index (χ4n) is 5.83. The van der Waals surface area contributed by atoms with Crippen LogP contribution in [-0.2, 0) is 14.3 Å². The zero-order valence-electron chi connectivity index (χ0n) is 19.1. The van der Waals surface area contributed by atoms with Gasteiger partial charge in [0.15, 0.2) is 0 Å².